The van der Waals surface area contributed by atoms with E-state index in [4.69, 9.17) is 0 Å². The summed E-state index contributed by atoms with van der Waals surface area (Å²) in [6.45, 7) is 4.84. The van der Waals surface area contributed by atoms with E-state index in [0.29, 0.717) is 12.2 Å². The molecule has 0 bridgehead atoms. The second kappa shape index (κ2) is 8.30. The van der Waals surface area contributed by atoms with Gasteiger partial charge in [0, 0.05) is 24.1 Å². The smallest absolute Gasteiger partial charge is 0.274 e. The molecule has 0 spiro atoms. The first-order valence-corrected chi connectivity index (χ1v) is 8.80. The Morgan fingerprint density at radius 1 is 1.04 bits per heavy atom. The van der Waals surface area contributed by atoms with E-state index >= 15 is 0 Å². The van der Waals surface area contributed by atoms with Crippen LogP contribution in [0.2, 0.25) is 0 Å². The van der Waals surface area contributed by atoms with E-state index in [1.807, 2.05) is 36.4 Å². The number of nitrogens with one attached hydrogen (secondary N) is 2. The van der Waals surface area contributed by atoms with E-state index in [2.05, 4.69) is 47.7 Å². The van der Waals surface area contributed by atoms with Crippen molar-refractivity contribution in [3.8, 4) is 0 Å². The van der Waals surface area contributed by atoms with Crippen molar-refractivity contribution in [3.63, 3.8) is 0 Å². The van der Waals surface area contributed by atoms with E-state index in [0.717, 1.165) is 23.4 Å². The van der Waals surface area contributed by atoms with E-state index in [-0.39, 0.29) is 5.91 Å². The van der Waals surface area contributed by atoms with Crippen LogP contribution in [0.5, 0.6) is 0 Å². The summed E-state index contributed by atoms with van der Waals surface area (Å²) in [6, 6.07) is 19.8. The monoisotopic (exact) mass is 345 g/mol. The van der Waals surface area contributed by atoms with Gasteiger partial charge in [-0.1, -0.05) is 55.0 Å². The molecule has 0 fully saturated rings. The average Bonchev–Trinajstić information content (AvgIpc) is 2.67. The second-order valence-electron chi connectivity index (χ2n) is 6.24. The summed E-state index contributed by atoms with van der Waals surface area (Å²) in [5.41, 5.74) is 5.63. The predicted molar refractivity (Wildman–Crippen MR) is 107 cm³/mol. The summed E-state index contributed by atoms with van der Waals surface area (Å²) >= 11 is 0. The Balaban J connectivity index is 1.69. The lowest BCUT2D eigenvalue weighted by Crippen LogP contribution is -2.15. The summed E-state index contributed by atoms with van der Waals surface area (Å²) in [5, 5.41) is 6.31. The summed E-state index contributed by atoms with van der Waals surface area (Å²) in [4.78, 5) is 16.8. The van der Waals surface area contributed by atoms with Crippen LogP contribution in [0.15, 0.2) is 66.9 Å². The average molecular weight is 345 g/mol. The number of hydrogen-bond donors (Lipinski definition) is 2. The fourth-order valence-electron chi connectivity index (χ4n) is 2.83. The molecule has 1 aromatic heterocycles. The van der Waals surface area contributed by atoms with Crippen LogP contribution in [0.25, 0.3) is 0 Å². The number of aromatic nitrogens is 1. The molecule has 2 N–H and O–H groups in total. The van der Waals surface area contributed by atoms with Crippen LogP contribution in [0.1, 0.15) is 34.1 Å². The minimum Gasteiger partial charge on any atom is -0.381 e. The number of rotatable bonds is 6. The molecule has 0 atom stereocenters. The zero-order valence-corrected chi connectivity index (χ0v) is 15.1. The molecule has 0 saturated carbocycles. The van der Waals surface area contributed by atoms with Crippen molar-refractivity contribution in [3.05, 3.63) is 89.2 Å². The number of carbonyl (C=O) groups excluding carboxylic acids is 1. The lowest BCUT2D eigenvalue weighted by atomic mass is 10.1. The van der Waals surface area contributed by atoms with E-state index in [1.54, 1.807) is 12.3 Å². The van der Waals surface area contributed by atoms with Gasteiger partial charge in [-0.3, -0.25) is 9.78 Å². The number of benzene rings is 2. The van der Waals surface area contributed by atoms with Crippen molar-refractivity contribution in [1.82, 2.24) is 4.98 Å². The van der Waals surface area contributed by atoms with Crippen molar-refractivity contribution < 1.29 is 4.79 Å². The van der Waals surface area contributed by atoms with Crippen molar-refractivity contribution >= 4 is 17.3 Å². The lowest BCUT2D eigenvalue weighted by molar-refractivity contribution is 0.102. The van der Waals surface area contributed by atoms with Gasteiger partial charge in [-0.15, -0.1) is 0 Å². The van der Waals surface area contributed by atoms with Crippen LogP contribution < -0.4 is 10.6 Å². The van der Waals surface area contributed by atoms with Gasteiger partial charge in [0.15, 0.2) is 0 Å². The Morgan fingerprint density at radius 2 is 1.88 bits per heavy atom. The molecule has 3 rings (SSSR count). The number of carbonyl (C=O) groups is 1. The number of amides is 1. The maximum atomic E-state index is 12.6. The molecule has 0 aliphatic rings. The highest BCUT2D eigenvalue weighted by Crippen LogP contribution is 2.17. The molecule has 1 heterocycles. The van der Waals surface area contributed by atoms with Crippen molar-refractivity contribution in [2.75, 3.05) is 10.6 Å². The predicted octanol–water partition coefficient (Wildman–Crippen LogP) is 4.82. The molecule has 1 amide bonds. The van der Waals surface area contributed by atoms with E-state index in [1.165, 1.54) is 11.1 Å². The molecule has 132 valence electrons. The Kier molecular flexibility index (Phi) is 5.64. The van der Waals surface area contributed by atoms with Gasteiger partial charge in [-0.05, 0) is 42.7 Å². The minimum atomic E-state index is -0.204. The first kappa shape index (κ1) is 17.7. The number of para-hydroxylation sites is 1. The molecular formula is C22H23N3O. The molecule has 0 aliphatic heterocycles. The highest BCUT2D eigenvalue weighted by molar-refractivity contribution is 6.03. The standard InChI is InChI=1S/C22H23N3O/c1-3-18-9-4-5-10-20(18)25-22(26)21-14-19(11-12-23-21)24-15-17-8-6-7-16(2)13-17/h4-14H,3,15H2,1-2H3,(H,23,24)(H,25,26). The largest absolute Gasteiger partial charge is 0.381 e. The van der Waals surface area contributed by atoms with Crippen LogP contribution in [0, 0.1) is 6.92 Å². The second-order valence-corrected chi connectivity index (χ2v) is 6.24. The quantitative estimate of drug-likeness (QED) is 0.673. The zero-order chi connectivity index (χ0) is 18.4. The van der Waals surface area contributed by atoms with Gasteiger partial charge < -0.3 is 10.6 Å². The van der Waals surface area contributed by atoms with Crippen molar-refractivity contribution in [2.45, 2.75) is 26.8 Å². The van der Waals surface area contributed by atoms with E-state index in [9.17, 15) is 4.79 Å². The molecule has 26 heavy (non-hydrogen) atoms. The Morgan fingerprint density at radius 3 is 2.69 bits per heavy atom. The number of nitrogens with zero attached hydrogens (tertiary/aromatic N) is 1. The lowest BCUT2D eigenvalue weighted by Gasteiger charge is -2.11. The molecular weight excluding hydrogens is 322 g/mol. The van der Waals surface area contributed by atoms with Gasteiger partial charge in [0.05, 0.1) is 0 Å². The number of aryl methyl sites for hydroxylation is 2. The van der Waals surface area contributed by atoms with Gasteiger partial charge in [0.25, 0.3) is 5.91 Å². The summed E-state index contributed by atoms with van der Waals surface area (Å²) < 4.78 is 0. The first-order valence-electron chi connectivity index (χ1n) is 8.80. The third-order valence-electron chi connectivity index (χ3n) is 4.22. The van der Waals surface area contributed by atoms with E-state index < -0.39 is 0 Å². The number of pyridine rings is 1. The number of anilines is 2. The molecule has 4 nitrogen and oxygen atoms in total. The van der Waals surface area contributed by atoms with Gasteiger partial charge in [0.1, 0.15) is 5.69 Å². The molecule has 0 saturated heterocycles. The molecule has 0 aliphatic carbocycles. The maximum absolute atomic E-state index is 12.6. The van der Waals surface area contributed by atoms with Crippen molar-refractivity contribution in [2.24, 2.45) is 0 Å². The van der Waals surface area contributed by atoms with Crippen molar-refractivity contribution in [1.29, 1.82) is 0 Å². The molecule has 4 heteroatoms. The van der Waals surface area contributed by atoms with Crippen LogP contribution in [-0.4, -0.2) is 10.9 Å². The fraction of sp³-hybridized carbons (Fsp3) is 0.182. The molecule has 3 aromatic rings. The van der Waals surface area contributed by atoms with Gasteiger partial charge >= 0.3 is 0 Å². The SMILES string of the molecule is CCc1ccccc1NC(=O)c1cc(NCc2cccc(C)c2)ccn1. The van der Waals surface area contributed by atoms with Gasteiger partial charge in [-0.2, -0.15) is 0 Å². The zero-order valence-electron chi connectivity index (χ0n) is 15.1. The minimum absolute atomic E-state index is 0.204. The number of hydrogen-bond acceptors (Lipinski definition) is 3. The summed E-state index contributed by atoms with van der Waals surface area (Å²) in [6.07, 6.45) is 2.52. The molecule has 0 radical (unpaired) electrons. The van der Waals surface area contributed by atoms with Crippen LogP contribution >= 0.6 is 0 Å². The normalized spacial score (nSPS) is 10.4. The summed E-state index contributed by atoms with van der Waals surface area (Å²) in [5.74, 6) is -0.204. The maximum Gasteiger partial charge on any atom is 0.274 e. The highest BCUT2D eigenvalue weighted by atomic mass is 16.1. The Bertz CT molecular complexity index is 905. The third-order valence-corrected chi connectivity index (χ3v) is 4.22. The third kappa shape index (κ3) is 4.48. The summed E-state index contributed by atoms with van der Waals surface area (Å²) in [7, 11) is 0. The van der Waals surface area contributed by atoms with Crippen LogP contribution in [0.4, 0.5) is 11.4 Å². The first-order chi connectivity index (χ1) is 12.7. The Labute approximate surface area is 154 Å². The molecule has 0 unspecified atom stereocenters. The van der Waals surface area contributed by atoms with Crippen LogP contribution in [0.3, 0.4) is 0 Å². The molecule has 2 aromatic carbocycles. The highest BCUT2D eigenvalue weighted by Gasteiger charge is 2.10. The van der Waals surface area contributed by atoms with Crippen LogP contribution in [-0.2, 0) is 13.0 Å². The van der Waals surface area contributed by atoms with Gasteiger partial charge in [-0.25, -0.2) is 0 Å². The topological polar surface area (TPSA) is 54.0 Å². The van der Waals surface area contributed by atoms with Gasteiger partial charge in [0.2, 0.25) is 0 Å². The Hall–Kier alpha value is -3.14. The fourth-order valence-corrected chi connectivity index (χ4v) is 2.83.